The smallest absolute Gasteiger partial charge is 0.318 e. The number of aromatic nitrogens is 2. The third kappa shape index (κ3) is 9.45. The first kappa shape index (κ1) is 42.8. The van der Waals surface area contributed by atoms with Crippen molar-refractivity contribution in [2.45, 2.75) is 85.5 Å². The van der Waals surface area contributed by atoms with Crippen molar-refractivity contribution >= 4 is 51.0 Å². The average Bonchev–Trinajstić information content (AvgIpc) is 3.45. The predicted molar refractivity (Wildman–Crippen MR) is 229 cm³/mol. The summed E-state index contributed by atoms with van der Waals surface area (Å²) in [5.74, 6) is -1.49. The fourth-order valence-electron chi connectivity index (χ4n) is 7.65. The maximum atomic E-state index is 16.0. The van der Waals surface area contributed by atoms with Gasteiger partial charge in [-0.3, -0.25) is 14.8 Å². The first-order valence-electron chi connectivity index (χ1n) is 20.1. The summed E-state index contributed by atoms with van der Waals surface area (Å²) < 4.78 is 37.9. The van der Waals surface area contributed by atoms with Crippen molar-refractivity contribution in [3.63, 3.8) is 0 Å². The van der Waals surface area contributed by atoms with Gasteiger partial charge in [0, 0.05) is 62.7 Å². The zero-order chi connectivity index (χ0) is 41.4. The molecule has 1 aliphatic heterocycles. The third-order valence-electron chi connectivity index (χ3n) is 10.8. The Labute approximate surface area is 334 Å². The van der Waals surface area contributed by atoms with Crippen molar-refractivity contribution in [1.82, 2.24) is 14.9 Å². The molecule has 5 N–H and O–H groups in total. The van der Waals surface area contributed by atoms with Crippen LogP contribution in [0, 0.1) is 11.2 Å². The van der Waals surface area contributed by atoms with Gasteiger partial charge in [0.25, 0.3) is 5.91 Å². The normalized spacial score (nSPS) is 15.1. The zero-order valence-corrected chi connectivity index (χ0v) is 34.5. The molecule has 57 heavy (non-hydrogen) atoms. The monoisotopic (exact) mass is 784 g/mol. The molecule has 11 nitrogen and oxygen atoms in total. The van der Waals surface area contributed by atoms with Gasteiger partial charge >= 0.3 is 6.01 Å². The molecule has 1 atom stereocenters. The molecule has 4 aromatic rings. The number of halogens is 2. The van der Waals surface area contributed by atoms with E-state index in [-0.39, 0.29) is 35.2 Å². The second kappa shape index (κ2) is 18.7. The number of nitrogens with zero attached hydrogens (tertiary/aromatic N) is 6. The summed E-state index contributed by atoms with van der Waals surface area (Å²) in [5, 5.41) is 12.8. The molecule has 0 saturated heterocycles. The fourth-order valence-corrected chi connectivity index (χ4v) is 7.65. The van der Waals surface area contributed by atoms with Crippen LogP contribution in [0.3, 0.4) is 0 Å². The molecule has 0 radical (unpaired) electrons. The number of benzene rings is 3. The Bertz CT molecular complexity index is 2200. The van der Waals surface area contributed by atoms with Crippen LogP contribution >= 0.6 is 0 Å². The number of aryl methyl sites for hydroxylation is 1. The Kier molecular flexibility index (Phi) is 14.1. The minimum atomic E-state index is -0.888. The number of hydrogen-bond donors (Lipinski definition) is 3. The number of likely N-dealkylation sites (N-methyl/N-ethyl adjacent to an activating group) is 1. The number of hydrogen-bond acceptors (Lipinski definition) is 10. The molecule has 13 heteroatoms. The number of fused-ring (bicyclic) bond motifs is 2. The second-order valence-corrected chi connectivity index (χ2v) is 15.5. The molecule has 1 aromatic heterocycles. The number of carbonyl (C=O) groups is 1. The van der Waals surface area contributed by atoms with Gasteiger partial charge in [0.15, 0.2) is 5.83 Å². The average molecular weight is 785 g/mol. The maximum Gasteiger partial charge on any atom is 0.318 e. The number of amides is 1. The fraction of sp³-hybridized carbons (Fsp3) is 0.477. The van der Waals surface area contributed by atoms with Crippen LogP contribution in [0.1, 0.15) is 90.2 Å². The molecule has 2 heterocycles. The van der Waals surface area contributed by atoms with Crippen LogP contribution in [0.5, 0.6) is 11.8 Å². The number of nitrogen functional groups attached to an aromatic ring is 1. The lowest BCUT2D eigenvalue weighted by Gasteiger charge is -2.30. The van der Waals surface area contributed by atoms with Crippen LogP contribution in [0.4, 0.5) is 20.3 Å². The van der Waals surface area contributed by atoms with Crippen molar-refractivity contribution in [2.75, 3.05) is 58.0 Å². The van der Waals surface area contributed by atoms with E-state index < -0.39 is 17.4 Å². The first-order valence-corrected chi connectivity index (χ1v) is 20.1. The van der Waals surface area contributed by atoms with E-state index in [1.807, 2.05) is 17.9 Å². The Morgan fingerprint density at radius 1 is 1.07 bits per heavy atom. The van der Waals surface area contributed by atoms with E-state index in [4.69, 9.17) is 26.2 Å². The molecule has 1 aliphatic rings. The van der Waals surface area contributed by atoms with E-state index in [0.717, 1.165) is 44.9 Å². The first-order chi connectivity index (χ1) is 27.3. The molecule has 3 aromatic carbocycles. The molecular formula is C44H58F2N8O3. The van der Waals surface area contributed by atoms with Gasteiger partial charge in [-0.05, 0) is 71.8 Å². The lowest BCUT2D eigenvalue weighted by atomic mass is 9.81. The van der Waals surface area contributed by atoms with Gasteiger partial charge in [-0.1, -0.05) is 65.9 Å². The van der Waals surface area contributed by atoms with Gasteiger partial charge in [-0.2, -0.15) is 9.97 Å². The van der Waals surface area contributed by atoms with Gasteiger partial charge < -0.3 is 31.1 Å². The molecule has 1 amide bonds. The molecular weight excluding hydrogens is 727 g/mol. The summed E-state index contributed by atoms with van der Waals surface area (Å²) in [4.78, 5) is 34.7. The van der Waals surface area contributed by atoms with E-state index >= 15 is 8.78 Å². The number of carbonyl (C=O) groups excluding carboxylic acids is 1. The number of anilines is 2. The van der Waals surface area contributed by atoms with Crippen molar-refractivity contribution in [3.8, 4) is 22.9 Å². The number of rotatable bonds is 16. The summed E-state index contributed by atoms with van der Waals surface area (Å²) in [6, 6.07) is 8.19. The molecule has 0 saturated carbocycles. The predicted octanol–water partition coefficient (Wildman–Crippen LogP) is 8.52. The van der Waals surface area contributed by atoms with Gasteiger partial charge in [-0.25, -0.2) is 8.78 Å². The Morgan fingerprint density at radius 3 is 2.49 bits per heavy atom. The highest BCUT2D eigenvalue weighted by Crippen LogP contribution is 2.43. The quantitative estimate of drug-likeness (QED) is 0.0442. The number of aromatic hydroxyl groups is 1. The molecule has 0 aliphatic carbocycles. The molecule has 1 unspecified atom stereocenters. The number of ether oxygens (including phenoxy) is 1. The van der Waals surface area contributed by atoms with E-state index in [2.05, 4.69) is 30.8 Å². The molecule has 5 rings (SSSR count). The van der Waals surface area contributed by atoms with Gasteiger partial charge in [-0.15, -0.1) is 0 Å². The van der Waals surface area contributed by atoms with E-state index in [0.29, 0.717) is 88.0 Å². The topological polar surface area (TPSA) is 156 Å². The molecule has 0 spiro atoms. The summed E-state index contributed by atoms with van der Waals surface area (Å²) in [7, 11) is 4.63. The van der Waals surface area contributed by atoms with Crippen molar-refractivity contribution in [3.05, 3.63) is 58.8 Å². The lowest BCUT2D eigenvalue weighted by Crippen LogP contribution is -2.34. The van der Waals surface area contributed by atoms with Crippen molar-refractivity contribution in [1.29, 1.82) is 0 Å². The minimum Gasteiger partial charge on any atom is -0.508 e. The van der Waals surface area contributed by atoms with Crippen molar-refractivity contribution < 1.29 is 23.4 Å². The highest BCUT2D eigenvalue weighted by Gasteiger charge is 2.29. The number of unbranched alkanes of at least 4 members (excludes halogenated alkanes) is 3. The zero-order valence-electron chi connectivity index (χ0n) is 34.5. The summed E-state index contributed by atoms with van der Waals surface area (Å²) in [5.41, 5.74) is 15.3. The summed E-state index contributed by atoms with van der Waals surface area (Å²) >= 11 is 0. The van der Waals surface area contributed by atoms with Crippen LogP contribution < -0.4 is 21.1 Å². The maximum absolute atomic E-state index is 16.0. The summed E-state index contributed by atoms with van der Waals surface area (Å²) in [6.45, 7) is 9.57. The van der Waals surface area contributed by atoms with Gasteiger partial charge in [0.2, 0.25) is 0 Å². The van der Waals surface area contributed by atoms with Crippen LogP contribution in [0.2, 0.25) is 0 Å². The number of phenolic OH excluding ortho intramolecular Hbond substituents is 1. The standard InChI is InChI=1S/C44H58F2N8O3/c1-8-11-13-18-44(4,17-12-9-2)26-57-43-51-34-23-31(30-22-28(55)21-27-15-16-33(45)29(10-3)36(27)30)39(47)32(24-49-5)37(34)41(52-43)54-20-14-19-50-35(25-54)38(46)40(48)42(56)53(6)7/h15-16,21-24,55H,8-14,17-20,25-26,47-48H2,1-7H3/b40-38+,49-24?. The van der Waals surface area contributed by atoms with E-state index in [9.17, 15) is 9.90 Å². The highest BCUT2D eigenvalue weighted by molar-refractivity contribution is 6.15. The second-order valence-electron chi connectivity index (χ2n) is 15.5. The van der Waals surface area contributed by atoms with Crippen molar-refractivity contribution in [2.24, 2.45) is 21.1 Å². The van der Waals surface area contributed by atoms with Crippen LogP contribution in [-0.2, 0) is 11.2 Å². The minimum absolute atomic E-state index is 0.00307. The largest absolute Gasteiger partial charge is 0.508 e. The Balaban J connectivity index is 1.77. The number of nitrogens with two attached hydrogens (primary N) is 2. The highest BCUT2D eigenvalue weighted by atomic mass is 19.1. The Morgan fingerprint density at radius 2 is 1.81 bits per heavy atom. The molecule has 0 fully saturated rings. The summed E-state index contributed by atoms with van der Waals surface area (Å²) in [6.07, 6.45) is 10.0. The lowest BCUT2D eigenvalue weighted by molar-refractivity contribution is -0.124. The van der Waals surface area contributed by atoms with Crippen LogP contribution in [0.15, 0.2) is 51.8 Å². The third-order valence-corrected chi connectivity index (χ3v) is 10.8. The van der Waals surface area contributed by atoms with E-state index in [1.165, 1.54) is 25.1 Å². The number of phenols is 1. The van der Waals surface area contributed by atoms with Gasteiger partial charge in [0.1, 0.15) is 23.1 Å². The molecule has 306 valence electrons. The SMILES string of the molecule is CCCCCC(C)(CCCC)COc1nc(N2CCCN=C(/C(F)=C(\N)C(=O)N(C)C)C2)c2c(C=NC)c(N)c(-c3cc(O)cc4ccc(F)c(CC)c34)cc2n1. The van der Waals surface area contributed by atoms with E-state index in [1.54, 1.807) is 31.5 Å². The molecule has 0 bridgehead atoms. The Hall–Kier alpha value is -5.33. The van der Waals surface area contributed by atoms with Gasteiger partial charge in [0.05, 0.1) is 29.8 Å². The number of aliphatic imine (C=N–C) groups is 2. The van der Waals surface area contributed by atoms with Crippen LogP contribution in [0.25, 0.3) is 32.8 Å². The van der Waals surface area contributed by atoms with Crippen LogP contribution in [-0.4, -0.2) is 85.2 Å².